The fourth-order valence-electron chi connectivity index (χ4n) is 1.86. The van der Waals surface area contributed by atoms with Gasteiger partial charge in [-0.25, -0.2) is 0 Å². The molecule has 0 radical (unpaired) electrons. The predicted molar refractivity (Wildman–Crippen MR) is 65.0 cm³/mol. The van der Waals surface area contributed by atoms with Gasteiger partial charge in [0, 0.05) is 12.0 Å². The minimum absolute atomic E-state index is 0.0224. The quantitative estimate of drug-likeness (QED) is 0.800. The molecule has 0 amide bonds. The van der Waals surface area contributed by atoms with Crippen LogP contribution >= 0.6 is 0 Å². The van der Waals surface area contributed by atoms with Crippen molar-refractivity contribution in [3.05, 3.63) is 41.7 Å². The number of carbonyl (C=O) groups is 1. The molecule has 0 bridgehead atoms. The molecule has 0 aliphatic carbocycles. The molecule has 0 atom stereocenters. The van der Waals surface area contributed by atoms with Gasteiger partial charge in [0.15, 0.2) is 5.76 Å². The zero-order valence-electron chi connectivity index (χ0n) is 9.94. The van der Waals surface area contributed by atoms with Crippen LogP contribution in [0.4, 0.5) is 0 Å². The first-order chi connectivity index (χ1) is 8.31. The van der Waals surface area contributed by atoms with Gasteiger partial charge >= 0.3 is 0 Å². The summed E-state index contributed by atoms with van der Waals surface area (Å²) in [7, 11) is 1.61. The van der Waals surface area contributed by atoms with E-state index in [4.69, 9.17) is 9.47 Å². The highest BCUT2D eigenvalue weighted by Gasteiger charge is 2.16. The molecule has 0 fully saturated rings. The Morgan fingerprint density at radius 2 is 2.24 bits per heavy atom. The maximum absolute atomic E-state index is 12.0. The molecule has 17 heavy (non-hydrogen) atoms. The first kappa shape index (κ1) is 11.7. The van der Waals surface area contributed by atoms with E-state index in [2.05, 4.69) is 0 Å². The number of rotatable bonds is 4. The Labute approximate surface area is 101 Å². The number of carbonyl (C=O) groups excluding carboxylic acids is 1. The van der Waals surface area contributed by atoms with E-state index in [0.717, 1.165) is 24.2 Å². The second-order valence-corrected chi connectivity index (χ2v) is 3.97. The molecule has 90 valence electrons. The van der Waals surface area contributed by atoms with Gasteiger partial charge in [-0.1, -0.05) is 18.2 Å². The molecule has 0 saturated carbocycles. The highest BCUT2D eigenvalue weighted by Crippen LogP contribution is 2.20. The van der Waals surface area contributed by atoms with Gasteiger partial charge in [-0.3, -0.25) is 4.79 Å². The van der Waals surface area contributed by atoms with Gasteiger partial charge in [0.05, 0.1) is 13.7 Å². The van der Waals surface area contributed by atoms with Crippen LogP contribution in [0.25, 0.3) is 0 Å². The van der Waals surface area contributed by atoms with Crippen molar-refractivity contribution < 1.29 is 14.3 Å². The van der Waals surface area contributed by atoms with Crippen LogP contribution in [-0.2, 0) is 16.0 Å². The van der Waals surface area contributed by atoms with E-state index < -0.39 is 0 Å². The lowest BCUT2D eigenvalue weighted by Crippen LogP contribution is -2.13. The predicted octanol–water partition coefficient (Wildman–Crippen LogP) is 2.50. The molecule has 3 heteroatoms. The largest absolute Gasteiger partial charge is 0.496 e. The maximum Gasteiger partial charge on any atom is 0.201 e. The molecule has 1 aliphatic rings. The third kappa shape index (κ3) is 2.87. The highest BCUT2D eigenvalue weighted by atomic mass is 16.5. The number of Topliss-reactive ketones (excluding diaryl/α,β-unsaturated/α-hetero) is 1. The van der Waals surface area contributed by atoms with Gasteiger partial charge in [0.25, 0.3) is 0 Å². The molecule has 1 aromatic carbocycles. The van der Waals surface area contributed by atoms with E-state index in [1.54, 1.807) is 7.11 Å². The second-order valence-electron chi connectivity index (χ2n) is 3.97. The fraction of sp³-hybridized carbons (Fsp3) is 0.357. The molecule has 2 rings (SSSR count). The topological polar surface area (TPSA) is 35.5 Å². The number of para-hydroxylation sites is 1. The lowest BCUT2D eigenvalue weighted by molar-refractivity contribution is -0.118. The number of ketones is 1. The van der Waals surface area contributed by atoms with Gasteiger partial charge < -0.3 is 9.47 Å². The zero-order valence-corrected chi connectivity index (χ0v) is 9.94. The summed E-state index contributed by atoms with van der Waals surface area (Å²) >= 11 is 0. The number of benzene rings is 1. The summed E-state index contributed by atoms with van der Waals surface area (Å²) in [6.45, 7) is 0.642. The zero-order chi connectivity index (χ0) is 12.1. The lowest BCUT2D eigenvalue weighted by atomic mass is 10.1. The Kier molecular flexibility index (Phi) is 3.81. The summed E-state index contributed by atoms with van der Waals surface area (Å²) in [5.74, 6) is 1.27. The summed E-state index contributed by atoms with van der Waals surface area (Å²) in [5.41, 5.74) is 0.898. The molecule has 0 aromatic heterocycles. The monoisotopic (exact) mass is 232 g/mol. The van der Waals surface area contributed by atoms with Gasteiger partial charge in [-0.2, -0.15) is 0 Å². The van der Waals surface area contributed by atoms with E-state index in [0.29, 0.717) is 18.8 Å². The molecule has 1 heterocycles. The van der Waals surface area contributed by atoms with Crippen LogP contribution in [0.1, 0.15) is 18.4 Å². The Morgan fingerprint density at radius 3 is 2.94 bits per heavy atom. The van der Waals surface area contributed by atoms with Crippen molar-refractivity contribution in [3.8, 4) is 5.75 Å². The van der Waals surface area contributed by atoms with E-state index >= 15 is 0 Å². The first-order valence-corrected chi connectivity index (χ1v) is 5.79. The molecule has 1 aromatic rings. The third-order valence-corrected chi connectivity index (χ3v) is 2.75. The summed E-state index contributed by atoms with van der Waals surface area (Å²) < 4.78 is 10.6. The van der Waals surface area contributed by atoms with Crippen LogP contribution in [-0.4, -0.2) is 19.5 Å². The summed E-state index contributed by atoms with van der Waals surface area (Å²) in [5, 5.41) is 0. The van der Waals surface area contributed by atoms with Crippen molar-refractivity contribution >= 4 is 5.78 Å². The normalized spacial score (nSPS) is 14.8. The van der Waals surface area contributed by atoms with Crippen LogP contribution < -0.4 is 4.74 Å². The molecular weight excluding hydrogens is 216 g/mol. The van der Waals surface area contributed by atoms with Crippen LogP contribution in [0.3, 0.4) is 0 Å². The van der Waals surface area contributed by atoms with Crippen LogP contribution in [0.5, 0.6) is 5.75 Å². The number of methoxy groups -OCH3 is 1. The van der Waals surface area contributed by atoms with E-state index in [-0.39, 0.29) is 5.78 Å². The minimum Gasteiger partial charge on any atom is -0.496 e. The van der Waals surface area contributed by atoms with Crippen molar-refractivity contribution in [1.82, 2.24) is 0 Å². The maximum atomic E-state index is 12.0. The molecular formula is C14H16O3. The molecule has 3 nitrogen and oxygen atoms in total. The number of allylic oxidation sites excluding steroid dienone is 2. The van der Waals surface area contributed by atoms with Crippen molar-refractivity contribution in [2.75, 3.05) is 13.7 Å². The minimum atomic E-state index is 0.0224. The highest BCUT2D eigenvalue weighted by molar-refractivity contribution is 5.95. The van der Waals surface area contributed by atoms with Crippen LogP contribution in [0.2, 0.25) is 0 Å². The average molecular weight is 232 g/mol. The number of hydrogen-bond acceptors (Lipinski definition) is 3. The van der Waals surface area contributed by atoms with Gasteiger partial charge in [0.2, 0.25) is 5.78 Å². The molecule has 0 saturated heterocycles. The Balaban J connectivity index is 2.09. The second kappa shape index (κ2) is 5.53. The Bertz CT molecular complexity index is 435. The SMILES string of the molecule is COc1ccccc1CC(=O)C1=CCCCO1. The standard InChI is InChI=1S/C14H16O3/c1-16-13-7-3-2-6-11(13)10-12(15)14-8-4-5-9-17-14/h2-3,6-8H,4-5,9-10H2,1H3. The summed E-state index contributed by atoms with van der Waals surface area (Å²) in [6.07, 6.45) is 4.12. The molecule has 0 unspecified atom stereocenters. The van der Waals surface area contributed by atoms with Gasteiger partial charge in [0.1, 0.15) is 5.75 Å². The third-order valence-electron chi connectivity index (χ3n) is 2.75. The smallest absolute Gasteiger partial charge is 0.201 e. The van der Waals surface area contributed by atoms with Gasteiger partial charge in [-0.05, 0) is 25.0 Å². The number of ether oxygens (including phenoxy) is 2. The van der Waals surface area contributed by atoms with Gasteiger partial charge in [-0.15, -0.1) is 0 Å². The Hall–Kier alpha value is -1.77. The van der Waals surface area contributed by atoms with E-state index in [1.165, 1.54) is 0 Å². The lowest BCUT2D eigenvalue weighted by Gasteiger charge is -2.14. The first-order valence-electron chi connectivity index (χ1n) is 5.79. The van der Waals surface area contributed by atoms with Crippen LogP contribution in [0, 0.1) is 0 Å². The molecule has 1 aliphatic heterocycles. The summed E-state index contributed by atoms with van der Waals surface area (Å²) in [6, 6.07) is 7.56. The van der Waals surface area contributed by atoms with Crippen molar-refractivity contribution in [2.24, 2.45) is 0 Å². The summed E-state index contributed by atoms with van der Waals surface area (Å²) in [4.78, 5) is 12.0. The Morgan fingerprint density at radius 1 is 1.41 bits per heavy atom. The van der Waals surface area contributed by atoms with E-state index in [9.17, 15) is 4.79 Å². The van der Waals surface area contributed by atoms with E-state index in [1.807, 2.05) is 30.3 Å². The number of hydrogen-bond donors (Lipinski definition) is 0. The van der Waals surface area contributed by atoms with Crippen molar-refractivity contribution in [1.29, 1.82) is 0 Å². The van der Waals surface area contributed by atoms with Crippen molar-refractivity contribution in [3.63, 3.8) is 0 Å². The average Bonchev–Trinajstić information content (AvgIpc) is 2.40. The van der Waals surface area contributed by atoms with Crippen molar-refractivity contribution in [2.45, 2.75) is 19.3 Å². The fourth-order valence-corrected chi connectivity index (χ4v) is 1.86. The molecule has 0 N–H and O–H groups in total. The molecule has 0 spiro atoms. The van der Waals surface area contributed by atoms with Crippen LogP contribution in [0.15, 0.2) is 36.1 Å².